The first kappa shape index (κ1) is 15.7. The van der Waals surface area contributed by atoms with Crippen LogP contribution in [0.3, 0.4) is 0 Å². The van der Waals surface area contributed by atoms with Crippen LogP contribution in [0.15, 0.2) is 48.5 Å². The highest BCUT2D eigenvalue weighted by molar-refractivity contribution is 8.00. The van der Waals surface area contributed by atoms with Crippen molar-refractivity contribution < 1.29 is 9.90 Å². The smallest absolute Gasteiger partial charge is 0.252 e. The Morgan fingerprint density at radius 2 is 1.80 bits per heavy atom. The highest BCUT2D eigenvalue weighted by atomic mass is 32.2. The average molecular weight is 352 g/mol. The van der Waals surface area contributed by atoms with Crippen LogP contribution in [0.2, 0.25) is 0 Å². The molecule has 2 aromatic carbocycles. The van der Waals surface area contributed by atoms with Crippen molar-refractivity contribution in [1.82, 2.24) is 15.0 Å². The maximum absolute atomic E-state index is 12.4. The number of hydrazine groups is 1. The molecule has 6 nitrogen and oxygen atoms in total. The number of benzene rings is 2. The van der Waals surface area contributed by atoms with Crippen LogP contribution < -0.4 is 5.43 Å². The third-order valence-corrected chi connectivity index (χ3v) is 5.24. The number of rotatable bonds is 3. The molecule has 25 heavy (non-hydrogen) atoms. The number of fused-ring (bicyclic) bond motifs is 1. The Kier molecular flexibility index (Phi) is 3.93. The van der Waals surface area contributed by atoms with Gasteiger partial charge in [0.05, 0.1) is 22.5 Å². The zero-order chi connectivity index (χ0) is 17.4. The van der Waals surface area contributed by atoms with Crippen LogP contribution in [-0.2, 0) is 4.79 Å². The van der Waals surface area contributed by atoms with E-state index in [1.165, 1.54) is 16.8 Å². The number of amides is 1. The molecule has 7 heteroatoms. The number of carbonyl (C=O) groups excluding carboxylic acids is 1. The summed E-state index contributed by atoms with van der Waals surface area (Å²) in [6.07, 6.45) is 0. The van der Waals surface area contributed by atoms with E-state index < -0.39 is 0 Å². The number of nitrogens with zero attached hydrogens (tertiary/aromatic N) is 3. The Morgan fingerprint density at radius 3 is 2.56 bits per heavy atom. The Labute approximate surface area is 148 Å². The summed E-state index contributed by atoms with van der Waals surface area (Å²) in [7, 11) is 0. The van der Waals surface area contributed by atoms with Crippen LogP contribution in [0.1, 0.15) is 16.6 Å². The number of hydrogen-bond donors (Lipinski definition) is 2. The van der Waals surface area contributed by atoms with E-state index in [9.17, 15) is 9.90 Å². The van der Waals surface area contributed by atoms with E-state index in [4.69, 9.17) is 0 Å². The average Bonchev–Trinajstić information content (AvgIpc) is 2.97. The third-order valence-electron chi connectivity index (χ3n) is 4.04. The SMILES string of the molecule is Cc1nc2ccccc2nc1NN1C(=O)CSC1c1ccccc1O. The third kappa shape index (κ3) is 2.87. The van der Waals surface area contributed by atoms with Gasteiger partial charge in [-0.25, -0.2) is 15.0 Å². The van der Waals surface area contributed by atoms with Gasteiger partial charge in [-0.3, -0.25) is 10.2 Å². The normalized spacial score (nSPS) is 17.2. The molecule has 1 fully saturated rings. The van der Waals surface area contributed by atoms with Crippen molar-refractivity contribution in [2.45, 2.75) is 12.3 Å². The molecular formula is C18H16N4O2S. The number of aromatic hydroxyl groups is 1. The highest BCUT2D eigenvalue weighted by Crippen LogP contribution is 2.41. The lowest BCUT2D eigenvalue weighted by molar-refractivity contribution is -0.126. The minimum atomic E-state index is -0.318. The van der Waals surface area contributed by atoms with Gasteiger partial charge in [-0.1, -0.05) is 30.3 Å². The Hall–Kier alpha value is -2.80. The summed E-state index contributed by atoms with van der Waals surface area (Å²) in [6.45, 7) is 1.85. The molecule has 1 amide bonds. The fourth-order valence-electron chi connectivity index (χ4n) is 2.78. The summed E-state index contributed by atoms with van der Waals surface area (Å²) in [5.74, 6) is 0.983. The molecule has 4 rings (SSSR count). The lowest BCUT2D eigenvalue weighted by Crippen LogP contribution is -2.34. The molecule has 3 aromatic rings. The molecule has 0 saturated carbocycles. The standard InChI is InChI=1S/C18H16N4O2S/c1-11-17(20-14-8-4-3-7-13(14)19-11)21-22-16(24)10-25-18(22)12-6-2-5-9-15(12)23/h2-9,18,23H,10H2,1H3,(H,20,21). The van der Waals surface area contributed by atoms with Gasteiger partial charge in [0.25, 0.3) is 5.91 Å². The Balaban J connectivity index is 1.70. The number of thioether (sulfide) groups is 1. The summed E-state index contributed by atoms with van der Waals surface area (Å²) in [6, 6.07) is 14.6. The number of aromatic nitrogens is 2. The molecule has 1 unspecified atom stereocenters. The molecule has 1 aliphatic rings. The van der Waals surface area contributed by atoms with Crippen LogP contribution in [0, 0.1) is 6.92 Å². The van der Waals surface area contributed by atoms with E-state index >= 15 is 0 Å². The summed E-state index contributed by atoms with van der Waals surface area (Å²) < 4.78 is 0. The first-order valence-electron chi connectivity index (χ1n) is 7.85. The van der Waals surface area contributed by atoms with Gasteiger partial charge in [0, 0.05) is 5.56 Å². The van der Waals surface area contributed by atoms with Crippen LogP contribution in [-0.4, -0.2) is 31.7 Å². The summed E-state index contributed by atoms with van der Waals surface area (Å²) in [5, 5.41) is 11.3. The second kappa shape index (κ2) is 6.25. The Bertz CT molecular complexity index is 963. The number of anilines is 1. The summed E-state index contributed by atoms with van der Waals surface area (Å²) >= 11 is 1.46. The van der Waals surface area contributed by atoms with Gasteiger partial charge in [0.2, 0.25) is 0 Å². The van der Waals surface area contributed by atoms with Crippen LogP contribution >= 0.6 is 11.8 Å². The fraction of sp³-hybridized carbons (Fsp3) is 0.167. The van der Waals surface area contributed by atoms with Crippen LogP contribution in [0.4, 0.5) is 5.82 Å². The van der Waals surface area contributed by atoms with E-state index in [-0.39, 0.29) is 17.0 Å². The maximum atomic E-state index is 12.4. The van der Waals surface area contributed by atoms with Gasteiger partial charge in [0.15, 0.2) is 5.82 Å². The van der Waals surface area contributed by atoms with Crippen molar-refractivity contribution in [1.29, 1.82) is 0 Å². The van der Waals surface area contributed by atoms with Crippen molar-refractivity contribution in [2.24, 2.45) is 0 Å². The van der Waals surface area contributed by atoms with Gasteiger partial charge in [0.1, 0.15) is 11.1 Å². The zero-order valence-electron chi connectivity index (χ0n) is 13.5. The number of para-hydroxylation sites is 3. The molecule has 126 valence electrons. The Morgan fingerprint density at radius 1 is 1.12 bits per heavy atom. The molecular weight excluding hydrogens is 336 g/mol. The second-order valence-corrected chi connectivity index (χ2v) is 6.81. The van der Waals surface area contributed by atoms with Crippen molar-refractivity contribution in [3.8, 4) is 5.75 Å². The van der Waals surface area contributed by atoms with E-state index in [1.807, 2.05) is 43.3 Å². The largest absolute Gasteiger partial charge is 0.508 e. The molecule has 0 aliphatic carbocycles. The molecule has 1 atom stereocenters. The van der Waals surface area contributed by atoms with Gasteiger partial charge in [-0.15, -0.1) is 11.8 Å². The van der Waals surface area contributed by atoms with Crippen molar-refractivity contribution in [2.75, 3.05) is 11.2 Å². The minimum Gasteiger partial charge on any atom is -0.508 e. The number of phenolic OH excluding ortho intramolecular Hbond substituents is 1. The van der Waals surface area contributed by atoms with Crippen molar-refractivity contribution in [3.63, 3.8) is 0 Å². The lowest BCUT2D eigenvalue weighted by Gasteiger charge is -2.26. The second-order valence-electron chi connectivity index (χ2n) is 5.74. The predicted octanol–water partition coefficient (Wildman–Crippen LogP) is 3.24. The monoisotopic (exact) mass is 352 g/mol. The van der Waals surface area contributed by atoms with E-state index in [0.717, 1.165) is 11.0 Å². The quantitative estimate of drug-likeness (QED) is 0.753. The first-order chi connectivity index (χ1) is 12.1. The first-order valence-corrected chi connectivity index (χ1v) is 8.90. The number of carbonyl (C=O) groups is 1. The molecule has 0 bridgehead atoms. The maximum Gasteiger partial charge on any atom is 0.252 e. The molecule has 0 radical (unpaired) electrons. The number of hydrogen-bond acceptors (Lipinski definition) is 6. The van der Waals surface area contributed by atoms with Crippen molar-refractivity contribution >= 4 is 34.5 Å². The van der Waals surface area contributed by atoms with Gasteiger partial charge in [-0.05, 0) is 25.1 Å². The van der Waals surface area contributed by atoms with E-state index in [0.29, 0.717) is 22.8 Å². The molecule has 1 saturated heterocycles. The molecule has 0 spiro atoms. The molecule has 1 aromatic heterocycles. The van der Waals surface area contributed by atoms with Gasteiger partial charge >= 0.3 is 0 Å². The highest BCUT2D eigenvalue weighted by Gasteiger charge is 2.35. The molecule has 2 heterocycles. The number of phenols is 1. The van der Waals surface area contributed by atoms with Crippen molar-refractivity contribution in [3.05, 3.63) is 59.8 Å². The van der Waals surface area contributed by atoms with E-state index in [2.05, 4.69) is 15.4 Å². The summed E-state index contributed by atoms with van der Waals surface area (Å²) in [4.78, 5) is 21.5. The topological polar surface area (TPSA) is 78.4 Å². The predicted molar refractivity (Wildman–Crippen MR) is 98.0 cm³/mol. The molecule has 1 aliphatic heterocycles. The van der Waals surface area contributed by atoms with Gasteiger partial charge in [-0.2, -0.15) is 0 Å². The van der Waals surface area contributed by atoms with E-state index in [1.54, 1.807) is 12.1 Å². The van der Waals surface area contributed by atoms with Crippen LogP contribution in [0.25, 0.3) is 11.0 Å². The van der Waals surface area contributed by atoms with Crippen LogP contribution in [0.5, 0.6) is 5.75 Å². The number of aryl methyl sites for hydroxylation is 1. The summed E-state index contributed by atoms with van der Waals surface area (Å²) in [5.41, 5.74) is 6.07. The minimum absolute atomic E-state index is 0.0624. The molecule has 2 N–H and O–H groups in total. The fourth-order valence-corrected chi connectivity index (χ4v) is 3.92. The lowest BCUT2D eigenvalue weighted by atomic mass is 10.2. The zero-order valence-corrected chi connectivity index (χ0v) is 14.3. The number of nitrogens with one attached hydrogen (secondary N) is 1. The van der Waals surface area contributed by atoms with Gasteiger partial charge < -0.3 is 5.11 Å².